The molecule has 1 saturated carbocycles. The smallest absolute Gasteiger partial charge is 0.275 e. The highest BCUT2D eigenvalue weighted by molar-refractivity contribution is 5.92. The number of oxazole rings is 1. The first-order valence-electron chi connectivity index (χ1n) is 7.10. The molecule has 19 heavy (non-hydrogen) atoms. The quantitative estimate of drug-likeness (QED) is 0.820. The summed E-state index contributed by atoms with van der Waals surface area (Å²) in [6.07, 6.45) is 6.71. The predicted molar refractivity (Wildman–Crippen MR) is 68.9 cm³/mol. The molecule has 1 aromatic rings. The van der Waals surface area contributed by atoms with Gasteiger partial charge in [-0.3, -0.25) is 4.79 Å². The number of ether oxygens (including phenoxy) is 1. The second-order valence-electron chi connectivity index (χ2n) is 5.45. The molecule has 5 nitrogen and oxygen atoms in total. The number of amides is 1. The topological polar surface area (TPSA) is 55.6 Å². The van der Waals surface area contributed by atoms with Crippen LogP contribution < -0.4 is 0 Å². The molecule has 2 fully saturated rings. The first kappa shape index (κ1) is 12.7. The molecular weight excluding hydrogens is 244 g/mol. The lowest BCUT2D eigenvalue weighted by Crippen LogP contribution is -2.52. The third-order valence-corrected chi connectivity index (χ3v) is 4.12. The largest absolute Gasteiger partial charge is 0.448 e. The van der Waals surface area contributed by atoms with Gasteiger partial charge in [0.05, 0.1) is 18.8 Å². The third kappa shape index (κ3) is 2.39. The van der Waals surface area contributed by atoms with Crippen molar-refractivity contribution in [3.05, 3.63) is 17.8 Å². The molecule has 1 amide bonds. The van der Waals surface area contributed by atoms with Crippen LogP contribution in [0, 0.1) is 0 Å². The summed E-state index contributed by atoms with van der Waals surface area (Å²) in [5, 5.41) is 0. The minimum Gasteiger partial charge on any atom is -0.448 e. The Kier molecular flexibility index (Phi) is 3.31. The van der Waals surface area contributed by atoms with Gasteiger partial charge in [-0.1, -0.05) is 19.8 Å². The van der Waals surface area contributed by atoms with Crippen LogP contribution in [0.1, 0.15) is 49.0 Å². The Hall–Kier alpha value is -1.36. The summed E-state index contributed by atoms with van der Waals surface area (Å²) in [6.45, 7) is 3.93. The van der Waals surface area contributed by atoms with Crippen LogP contribution in [-0.4, -0.2) is 41.1 Å². The molecule has 3 rings (SSSR count). The Morgan fingerprint density at radius 2 is 2.26 bits per heavy atom. The van der Waals surface area contributed by atoms with Crippen molar-refractivity contribution in [2.75, 3.05) is 19.7 Å². The number of hydrogen-bond acceptors (Lipinski definition) is 4. The Morgan fingerprint density at radius 3 is 2.95 bits per heavy atom. The van der Waals surface area contributed by atoms with Gasteiger partial charge in [-0.25, -0.2) is 4.98 Å². The van der Waals surface area contributed by atoms with E-state index in [1.54, 1.807) is 0 Å². The molecule has 5 heteroatoms. The van der Waals surface area contributed by atoms with Crippen LogP contribution >= 0.6 is 0 Å². The molecule has 0 N–H and O–H groups in total. The van der Waals surface area contributed by atoms with Crippen molar-refractivity contribution in [2.45, 2.75) is 44.6 Å². The highest BCUT2D eigenvalue weighted by Crippen LogP contribution is 2.36. The van der Waals surface area contributed by atoms with E-state index in [1.165, 1.54) is 19.1 Å². The molecule has 0 bridgehead atoms. The summed E-state index contributed by atoms with van der Waals surface area (Å²) in [6, 6.07) is 0. The second-order valence-corrected chi connectivity index (χ2v) is 5.45. The zero-order valence-corrected chi connectivity index (χ0v) is 11.4. The van der Waals surface area contributed by atoms with Crippen molar-refractivity contribution >= 4 is 5.91 Å². The maximum absolute atomic E-state index is 12.4. The minimum absolute atomic E-state index is 0.0296. The number of aromatic nitrogens is 1. The van der Waals surface area contributed by atoms with Gasteiger partial charge in [0, 0.05) is 13.0 Å². The van der Waals surface area contributed by atoms with Crippen molar-refractivity contribution in [3.8, 4) is 0 Å². The van der Waals surface area contributed by atoms with Crippen LogP contribution in [0.2, 0.25) is 0 Å². The first-order chi connectivity index (χ1) is 9.22. The third-order valence-electron chi connectivity index (χ3n) is 4.12. The molecule has 0 radical (unpaired) electrons. The summed E-state index contributed by atoms with van der Waals surface area (Å²) in [5.41, 5.74) is 0.331. The van der Waals surface area contributed by atoms with E-state index in [1.807, 2.05) is 11.8 Å². The average molecular weight is 264 g/mol. The fourth-order valence-corrected chi connectivity index (χ4v) is 3.07. The maximum atomic E-state index is 12.4. The van der Waals surface area contributed by atoms with Crippen molar-refractivity contribution in [1.29, 1.82) is 0 Å². The minimum atomic E-state index is -0.0920. The van der Waals surface area contributed by atoms with Gasteiger partial charge >= 0.3 is 0 Å². The first-order valence-corrected chi connectivity index (χ1v) is 7.10. The molecule has 0 unspecified atom stereocenters. The summed E-state index contributed by atoms with van der Waals surface area (Å²) >= 11 is 0. The molecule has 1 aliphatic carbocycles. The van der Waals surface area contributed by atoms with Crippen molar-refractivity contribution in [3.63, 3.8) is 0 Å². The number of hydrogen-bond donors (Lipinski definition) is 0. The molecular formula is C14H20N2O3. The van der Waals surface area contributed by atoms with E-state index in [0.717, 1.165) is 12.8 Å². The van der Waals surface area contributed by atoms with Crippen LogP contribution in [0.5, 0.6) is 0 Å². The van der Waals surface area contributed by atoms with E-state index in [9.17, 15) is 4.79 Å². The number of nitrogens with zero attached hydrogens (tertiary/aromatic N) is 2. The molecule has 1 aromatic heterocycles. The van der Waals surface area contributed by atoms with E-state index in [2.05, 4.69) is 4.98 Å². The van der Waals surface area contributed by atoms with E-state index >= 15 is 0 Å². The molecule has 104 valence electrons. The number of morpholine rings is 1. The summed E-state index contributed by atoms with van der Waals surface area (Å²) in [5.74, 6) is 0.588. The van der Waals surface area contributed by atoms with E-state index in [-0.39, 0.29) is 11.5 Å². The maximum Gasteiger partial charge on any atom is 0.275 e. The van der Waals surface area contributed by atoms with Gasteiger partial charge in [-0.15, -0.1) is 0 Å². The summed E-state index contributed by atoms with van der Waals surface area (Å²) < 4.78 is 11.2. The van der Waals surface area contributed by atoms with Crippen LogP contribution in [0.15, 0.2) is 10.7 Å². The van der Waals surface area contributed by atoms with E-state index in [0.29, 0.717) is 37.7 Å². The van der Waals surface area contributed by atoms with Gasteiger partial charge in [0.25, 0.3) is 5.91 Å². The van der Waals surface area contributed by atoms with Gasteiger partial charge in [-0.05, 0) is 12.8 Å². The number of carbonyl (C=O) groups excluding carboxylic acids is 1. The number of aryl methyl sites for hydroxylation is 1. The summed E-state index contributed by atoms with van der Waals surface area (Å²) in [7, 11) is 0. The zero-order valence-electron chi connectivity index (χ0n) is 11.4. The lowest BCUT2D eigenvalue weighted by atomic mass is 9.99. The SMILES string of the molecule is CCc1nc(C(=O)N2CCOC3(CCCC3)C2)co1. The van der Waals surface area contributed by atoms with E-state index in [4.69, 9.17) is 9.15 Å². The molecule has 1 saturated heterocycles. The van der Waals surface area contributed by atoms with E-state index < -0.39 is 0 Å². The molecule has 1 aliphatic heterocycles. The standard InChI is InChI=1S/C14H20N2O3/c1-2-12-15-11(9-18-12)13(17)16-7-8-19-14(10-16)5-3-4-6-14/h9H,2-8,10H2,1H3. The Labute approximate surface area is 112 Å². The lowest BCUT2D eigenvalue weighted by molar-refractivity contribution is -0.0949. The fraction of sp³-hybridized carbons (Fsp3) is 0.714. The lowest BCUT2D eigenvalue weighted by Gasteiger charge is -2.40. The van der Waals surface area contributed by atoms with Crippen LogP contribution in [0.4, 0.5) is 0 Å². The second kappa shape index (κ2) is 4.96. The Balaban J connectivity index is 1.72. The summed E-state index contributed by atoms with van der Waals surface area (Å²) in [4.78, 5) is 18.5. The number of carbonyl (C=O) groups is 1. The molecule has 2 aliphatic rings. The Bertz CT molecular complexity index is 463. The monoisotopic (exact) mass is 264 g/mol. The Morgan fingerprint density at radius 1 is 1.47 bits per heavy atom. The van der Waals surface area contributed by atoms with Crippen LogP contribution in [0.3, 0.4) is 0 Å². The van der Waals surface area contributed by atoms with Gasteiger partial charge in [0.2, 0.25) is 0 Å². The zero-order chi connectivity index (χ0) is 13.3. The van der Waals surface area contributed by atoms with Crippen molar-refractivity contribution < 1.29 is 13.9 Å². The predicted octanol–water partition coefficient (Wildman–Crippen LogP) is 2.02. The van der Waals surface area contributed by atoms with Gasteiger partial charge in [0.15, 0.2) is 11.6 Å². The molecule has 0 aromatic carbocycles. The number of rotatable bonds is 2. The van der Waals surface area contributed by atoms with Crippen molar-refractivity contribution in [2.24, 2.45) is 0 Å². The van der Waals surface area contributed by atoms with Gasteiger partial charge in [0.1, 0.15) is 6.26 Å². The van der Waals surface area contributed by atoms with Crippen LogP contribution in [0.25, 0.3) is 0 Å². The molecule has 2 heterocycles. The fourth-order valence-electron chi connectivity index (χ4n) is 3.07. The highest BCUT2D eigenvalue weighted by Gasteiger charge is 2.41. The average Bonchev–Trinajstić information content (AvgIpc) is 3.07. The van der Waals surface area contributed by atoms with Gasteiger partial charge < -0.3 is 14.1 Å². The molecule has 1 spiro atoms. The molecule has 0 atom stereocenters. The highest BCUT2D eigenvalue weighted by atomic mass is 16.5. The van der Waals surface area contributed by atoms with Gasteiger partial charge in [-0.2, -0.15) is 0 Å². The van der Waals surface area contributed by atoms with Crippen molar-refractivity contribution in [1.82, 2.24) is 9.88 Å². The van der Waals surface area contributed by atoms with Crippen LogP contribution in [-0.2, 0) is 11.2 Å². The normalized spacial score (nSPS) is 22.1.